The first-order chi connectivity index (χ1) is 10.5. The highest BCUT2D eigenvalue weighted by atomic mass is 19.1. The van der Waals surface area contributed by atoms with E-state index in [1.54, 1.807) is 17.0 Å². The number of hydrogen-bond donors (Lipinski definition) is 0. The average molecular weight is 306 g/mol. The number of rotatable bonds is 2. The van der Waals surface area contributed by atoms with Gasteiger partial charge in [0.05, 0.1) is 13.2 Å². The van der Waals surface area contributed by atoms with Gasteiger partial charge < -0.3 is 9.64 Å². The highest BCUT2D eigenvalue weighted by Crippen LogP contribution is 2.37. The second-order valence-electron chi connectivity index (χ2n) is 6.75. The highest BCUT2D eigenvalue weighted by molar-refractivity contribution is 5.96. The van der Waals surface area contributed by atoms with E-state index in [2.05, 4.69) is 18.7 Å². The molecule has 2 heterocycles. The maximum atomic E-state index is 13.1. The summed E-state index contributed by atoms with van der Waals surface area (Å²) in [5, 5.41) is 0. The lowest BCUT2D eigenvalue weighted by molar-refractivity contribution is -0.118. The molecular formula is C17H23FN2O2. The minimum Gasteiger partial charge on any atom is -0.379 e. The molecule has 2 aliphatic rings. The third kappa shape index (κ3) is 3.01. The standard InChI is InChI=1S/C17H23FN2O2/c1-13(2)19-7-8-22-12-17(10-19)9-16(21)20(11-17)15-5-3-14(18)4-6-15/h3-6,13H,7-12H2,1-2H3. The van der Waals surface area contributed by atoms with Crippen LogP contribution in [0.15, 0.2) is 24.3 Å². The van der Waals surface area contributed by atoms with Gasteiger partial charge in [-0.3, -0.25) is 9.69 Å². The Hall–Kier alpha value is -1.46. The molecule has 1 unspecified atom stereocenters. The Morgan fingerprint density at radius 1 is 1.23 bits per heavy atom. The fraction of sp³-hybridized carbons (Fsp3) is 0.588. The van der Waals surface area contributed by atoms with E-state index in [0.29, 0.717) is 32.2 Å². The molecule has 2 saturated heterocycles. The first kappa shape index (κ1) is 15.4. The van der Waals surface area contributed by atoms with Crippen molar-refractivity contribution in [2.24, 2.45) is 5.41 Å². The number of carbonyl (C=O) groups excluding carboxylic acids is 1. The summed E-state index contributed by atoms with van der Waals surface area (Å²) >= 11 is 0. The first-order valence-electron chi connectivity index (χ1n) is 7.87. The van der Waals surface area contributed by atoms with Gasteiger partial charge in [0.1, 0.15) is 5.82 Å². The van der Waals surface area contributed by atoms with Gasteiger partial charge in [-0.2, -0.15) is 0 Å². The van der Waals surface area contributed by atoms with Crippen molar-refractivity contribution in [2.75, 3.05) is 37.7 Å². The van der Waals surface area contributed by atoms with Crippen LogP contribution in [0.25, 0.3) is 0 Å². The van der Waals surface area contributed by atoms with Crippen LogP contribution in [0.4, 0.5) is 10.1 Å². The molecule has 1 spiro atoms. The minimum absolute atomic E-state index is 0.0980. The molecular weight excluding hydrogens is 283 g/mol. The maximum Gasteiger partial charge on any atom is 0.227 e. The molecule has 3 rings (SSSR count). The van der Waals surface area contributed by atoms with Gasteiger partial charge >= 0.3 is 0 Å². The minimum atomic E-state index is -0.283. The van der Waals surface area contributed by atoms with Gasteiger partial charge in [-0.1, -0.05) is 0 Å². The molecule has 4 nitrogen and oxygen atoms in total. The Balaban J connectivity index is 1.81. The van der Waals surface area contributed by atoms with Crippen molar-refractivity contribution in [2.45, 2.75) is 26.3 Å². The third-order valence-corrected chi connectivity index (χ3v) is 4.66. The van der Waals surface area contributed by atoms with Crippen molar-refractivity contribution >= 4 is 11.6 Å². The molecule has 0 N–H and O–H groups in total. The van der Waals surface area contributed by atoms with E-state index in [1.165, 1.54) is 12.1 Å². The number of benzene rings is 1. The summed E-state index contributed by atoms with van der Waals surface area (Å²) in [6.45, 7) is 8.09. The smallest absolute Gasteiger partial charge is 0.227 e. The molecule has 5 heteroatoms. The van der Waals surface area contributed by atoms with Gasteiger partial charge in [-0.15, -0.1) is 0 Å². The van der Waals surface area contributed by atoms with Crippen molar-refractivity contribution in [3.8, 4) is 0 Å². The summed E-state index contributed by atoms with van der Waals surface area (Å²) in [6, 6.07) is 6.58. The second-order valence-corrected chi connectivity index (χ2v) is 6.75. The second kappa shape index (κ2) is 5.97. The quantitative estimate of drug-likeness (QED) is 0.840. The molecule has 1 aromatic rings. The molecule has 0 radical (unpaired) electrons. The molecule has 22 heavy (non-hydrogen) atoms. The molecule has 1 atom stereocenters. The van der Waals surface area contributed by atoms with Crippen LogP contribution in [-0.4, -0.2) is 49.7 Å². The first-order valence-corrected chi connectivity index (χ1v) is 7.87. The summed E-state index contributed by atoms with van der Waals surface area (Å²) in [7, 11) is 0. The molecule has 0 aliphatic carbocycles. The van der Waals surface area contributed by atoms with E-state index in [4.69, 9.17) is 4.74 Å². The number of carbonyl (C=O) groups is 1. The number of halogens is 1. The predicted octanol–water partition coefficient (Wildman–Crippen LogP) is 2.29. The van der Waals surface area contributed by atoms with E-state index < -0.39 is 0 Å². The Morgan fingerprint density at radius 2 is 1.95 bits per heavy atom. The van der Waals surface area contributed by atoms with E-state index >= 15 is 0 Å². The lowest BCUT2D eigenvalue weighted by Crippen LogP contribution is -2.43. The highest BCUT2D eigenvalue weighted by Gasteiger charge is 2.46. The van der Waals surface area contributed by atoms with Crippen LogP contribution in [0.2, 0.25) is 0 Å². The fourth-order valence-electron chi connectivity index (χ4n) is 3.42. The molecule has 2 fully saturated rings. The number of nitrogens with zero attached hydrogens (tertiary/aromatic N) is 2. The van der Waals surface area contributed by atoms with Crippen LogP contribution in [0.1, 0.15) is 20.3 Å². The van der Waals surface area contributed by atoms with Crippen LogP contribution in [0, 0.1) is 11.2 Å². The van der Waals surface area contributed by atoms with E-state index in [-0.39, 0.29) is 17.1 Å². The molecule has 2 aliphatic heterocycles. The van der Waals surface area contributed by atoms with E-state index in [0.717, 1.165) is 18.8 Å². The Bertz CT molecular complexity index is 546. The van der Waals surface area contributed by atoms with Crippen LogP contribution < -0.4 is 4.90 Å². The van der Waals surface area contributed by atoms with Crippen molar-refractivity contribution in [1.29, 1.82) is 0 Å². The van der Waals surface area contributed by atoms with Gasteiger partial charge in [-0.25, -0.2) is 4.39 Å². The van der Waals surface area contributed by atoms with Gasteiger partial charge in [0.15, 0.2) is 0 Å². The van der Waals surface area contributed by atoms with Gasteiger partial charge in [0.25, 0.3) is 0 Å². The fourth-order valence-corrected chi connectivity index (χ4v) is 3.42. The normalized spacial score (nSPS) is 26.9. The lowest BCUT2D eigenvalue weighted by Gasteiger charge is -2.33. The van der Waals surface area contributed by atoms with Crippen LogP contribution in [0.5, 0.6) is 0 Å². The summed E-state index contributed by atoms with van der Waals surface area (Å²) in [5.41, 5.74) is 0.607. The molecule has 0 bridgehead atoms. The zero-order valence-corrected chi connectivity index (χ0v) is 13.2. The Kier molecular flexibility index (Phi) is 4.19. The number of anilines is 1. The van der Waals surface area contributed by atoms with Crippen molar-refractivity contribution < 1.29 is 13.9 Å². The van der Waals surface area contributed by atoms with Gasteiger partial charge in [0.2, 0.25) is 5.91 Å². The Morgan fingerprint density at radius 3 is 2.64 bits per heavy atom. The largest absolute Gasteiger partial charge is 0.379 e. The van der Waals surface area contributed by atoms with E-state index in [9.17, 15) is 9.18 Å². The number of ether oxygens (including phenoxy) is 1. The summed E-state index contributed by atoms with van der Waals surface area (Å²) in [5.74, 6) is -0.185. The van der Waals surface area contributed by atoms with Crippen molar-refractivity contribution in [1.82, 2.24) is 4.90 Å². The molecule has 0 aromatic heterocycles. The zero-order chi connectivity index (χ0) is 15.7. The molecule has 0 saturated carbocycles. The Labute approximate surface area is 130 Å². The molecule has 1 aromatic carbocycles. The van der Waals surface area contributed by atoms with Gasteiger partial charge in [0, 0.05) is 43.2 Å². The molecule has 120 valence electrons. The van der Waals surface area contributed by atoms with Crippen LogP contribution in [0.3, 0.4) is 0 Å². The van der Waals surface area contributed by atoms with Crippen LogP contribution in [-0.2, 0) is 9.53 Å². The number of amides is 1. The summed E-state index contributed by atoms with van der Waals surface area (Å²) in [4.78, 5) is 16.6. The van der Waals surface area contributed by atoms with Crippen molar-refractivity contribution in [3.63, 3.8) is 0 Å². The lowest BCUT2D eigenvalue weighted by atomic mass is 9.87. The summed E-state index contributed by atoms with van der Waals surface area (Å²) in [6.07, 6.45) is 0.494. The van der Waals surface area contributed by atoms with Gasteiger partial charge in [-0.05, 0) is 38.1 Å². The SMILES string of the molecule is CC(C)N1CCOCC2(CC(=O)N(c3ccc(F)cc3)C2)C1. The van der Waals surface area contributed by atoms with Crippen LogP contribution >= 0.6 is 0 Å². The number of hydrogen-bond acceptors (Lipinski definition) is 3. The average Bonchev–Trinajstić information content (AvgIpc) is 2.67. The zero-order valence-electron chi connectivity index (χ0n) is 13.2. The topological polar surface area (TPSA) is 32.8 Å². The molecule has 1 amide bonds. The monoisotopic (exact) mass is 306 g/mol. The third-order valence-electron chi connectivity index (χ3n) is 4.66. The van der Waals surface area contributed by atoms with Crippen molar-refractivity contribution in [3.05, 3.63) is 30.1 Å². The maximum absolute atomic E-state index is 13.1. The van der Waals surface area contributed by atoms with E-state index in [1.807, 2.05) is 0 Å². The predicted molar refractivity (Wildman–Crippen MR) is 83.3 cm³/mol. The summed E-state index contributed by atoms with van der Waals surface area (Å²) < 4.78 is 18.9.